The molecule has 3 rings (SSSR count). The van der Waals surface area contributed by atoms with Gasteiger partial charge in [-0.15, -0.1) is 0 Å². The smallest absolute Gasteiger partial charge is 0.280 e. The van der Waals surface area contributed by atoms with Gasteiger partial charge >= 0.3 is 0 Å². The first-order chi connectivity index (χ1) is 10.2. The van der Waals surface area contributed by atoms with E-state index in [2.05, 4.69) is 5.16 Å². The summed E-state index contributed by atoms with van der Waals surface area (Å²) in [4.78, 5) is 14.3. The largest absolute Gasteiger partial charge is 0.398 e. The minimum atomic E-state index is -0.173. The number of nitrogens with two attached hydrogens (primary N) is 1. The Morgan fingerprint density at radius 3 is 3.19 bits per heavy atom. The average molecular weight is 287 g/mol. The van der Waals surface area contributed by atoms with Gasteiger partial charge in [-0.25, -0.2) is 0 Å². The number of hydrogen-bond acceptors (Lipinski definition) is 5. The van der Waals surface area contributed by atoms with E-state index < -0.39 is 0 Å². The number of anilines is 2. The molecule has 0 spiro atoms. The molecule has 1 aliphatic rings. The van der Waals surface area contributed by atoms with Gasteiger partial charge in [0.1, 0.15) is 6.61 Å². The van der Waals surface area contributed by atoms with E-state index in [0.717, 1.165) is 29.8 Å². The van der Waals surface area contributed by atoms with Gasteiger partial charge < -0.3 is 19.9 Å². The van der Waals surface area contributed by atoms with Crippen molar-refractivity contribution < 1.29 is 14.1 Å². The van der Waals surface area contributed by atoms with E-state index in [1.165, 1.54) is 0 Å². The molecule has 1 aromatic heterocycles. The van der Waals surface area contributed by atoms with Crippen LogP contribution in [0.15, 0.2) is 28.8 Å². The molecule has 0 bridgehead atoms. The molecule has 0 radical (unpaired) electrons. The summed E-state index contributed by atoms with van der Waals surface area (Å²) in [6, 6.07) is 7.25. The Labute approximate surface area is 122 Å². The molecule has 1 aromatic carbocycles. The number of hydrogen-bond donors (Lipinski definition) is 1. The first kappa shape index (κ1) is 13.6. The number of nitrogen functional groups attached to an aromatic ring is 1. The van der Waals surface area contributed by atoms with Crippen molar-refractivity contribution in [3.63, 3.8) is 0 Å². The molecule has 0 saturated heterocycles. The predicted molar refractivity (Wildman–Crippen MR) is 78.1 cm³/mol. The number of amides is 1. The van der Waals surface area contributed by atoms with Crippen LogP contribution in [-0.2, 0) is 17.8 Å². The molecular formula is C15H17N3O3. The van der Waals surface area contributed by atoms with Crippen LogP contribution in [0, 0.1) is 0 Å². The fraction of sp³-hybridized carbons (Fsp3) is 0.333. The van der Waals surface area contributed by atoms with Gasteiger partial charge in [-0.1, -0.05) is 11.2 Å². The molecule has 110 valence electrons. The summed E-state index contributed by atoms with van der Waals surface area (Å²) < 4.78 is 10.0. The third kappa shape index (κ3) is 2.50. The van der Waals surface area contributed by atoms with Gasteiger partial charge in [-0.3, -0.25) is 4.79 Å². The fourth-order valence-electron chi connectivity index (χ4n) is 2.62. The van der Waals surface area contributed by atoms with Crippen LogP contribution in [0.2, 0.25) is 0 Å². The molecule has 0 saturated carbocycles. The van der Waals surface area contributed by atoms with E-state index in [0.29, 0.717) is 18.9 Å². The van der Waals surface area contributed by atoms with Gasteiger partial charge in [0, 0.05) is 31.1 Å². The Hall–Kier alpha value is -2.34. The second kappa shape index (κ2) is 5.57. The Morgan fingerprint density at radius 1 is 1.52 bits per heavy atom. The van der Waals surface area contributed by atoms with Crippen LogP contribution >= 0.6 is 0 Å². The highest BCUT2D eigenvalue weighted by molar-refractivity contribution is 6.05. The average Bonchev–Trinajstić information content (AvgIpc) is 2.96. The molecule has 1 amide bonds. The SMILES string of the molecule is COCc1cc(C(=O)N2CCCc3c(N)cccc32)no1. The van der Waals surface area contributed by atoms with Crippen LogP contribution in [0.25, 0.3) is 0 Å². The van der Waals surface area contributed by atoms with E-state index in [-0.39, 0.29) is 11.6 Å². The minimum absolute atomic E-state index is 0.173. The summed E-state index contributed by atoms with van der Waals surface area (Å²) in [6.45, 7) is 0.950. The second-order valence-electron chi connectivity index (χ2n) is 5.02. The van der Waals surface area contributed by atoms with Crippen molar-refractivity contribution in [2.75, 3.05) is 24.3 Å². The molecule has 1 aliphatic heterocycles. The number of nitrogens with zero attached hydrogens (tertiary/aromatic N) is 2. The van der Waals surface area contributed by atoms with Crippen molar-refractivity contribution in [3.8, 4) is 0 Å². The van der Waals surface area contributed by atoms with E-state index in [1.54, 1.807) is 18.1 Å². The van der Waals surface area contributed by atoms with Crippen molar-refractivity contribution in [2.45, 2.75) is 19.4 Å². The number of carbonyl (C=O) groups excluding carboxylic acids is 1. The Kier molecular flexibility index (Phi) is 3.62. The zero-order valence-electron chi connectivity index (χ0n) is 11.8. The van der Waals surface area contributed by atoms with Gasteiger partial charge in [0.05, 0.1) is 0 Å². The van der Waals surface area contributed by atoms with Crippen LogP contribution in [0.5, 0.6) is 0 Å². The minimum Gasteiger partial charge on any atom is -0.398 e. The molecule has 6 heteroatoms. The van der Waals surface area contributed by atoms with Crippen molar-refractivity contribution in [1.29, 1.82) is 0 Å². The first-order valence-corrected chi connectivity index (χ1v) is 6.84. The van der Waals surface area contributed by atoms with E-state index in [1.807, 2.05) is 18.2 Å². The maximum absolute atomic E-state index is 12.6. The number of rotatable bonds is 3. The number of ether oxygens (including phenoxy) is 1. The van der Waals surface area contributed by atoms with E-state index >= 15 is 0 Å². The van der Waals surface area contributed by atoms with Gasteiger partial charge in [-0.2, -0.15) is 0 Å². The normalized spacial score (nSPS) is 14.0. The summed E-state index contributed by atoms with van der Waals surface area (Å²) in [7, 11) is 1.56. The second-order valence-corrected chi connectivity index (χ2v) is 5.02. The highest BCUT2D eigenvalue weighted by Crippen LogP contribution is 2.32. The molecule has 21 heavy (non-hydrogen) atoms. The van der Waals surface area contributed by atoms with Crippen molar-refractivity contribution in [3.05, 3.63) is 41.3 Å². The van der Waals surface area contributed by atoms with Crippen molar-refractivity contribution >= 4 is 17.3 Å². The van der Waals surface area contributed by atoms with Crippen LogP contribution in [0.1, 0.15) is 28.2 Å². The maximum atomic E-state index is 12.6. The van der Waals surface area contributed by atoms with Crippen LogP contribution in [-0.4, -0.2) is 24.7 Å². The summed E-state index contributed by atoms with van der Waals surface area (Å²) in [5.41, 5.74) is 8.90. The molecule has 6 nitrogen and oxygen atoms in total. The zero-order valence-corrected chi connectivity index (χ0v) is 11.8. The molecule has 2 N–H and O–H groups in total. The third-order valence-corrected chi connectivity index (χ3v) is 3.60. The summed E-state index contributed by atoms with van der Waals surface area (Å²) >= 11 is 0. The highest BCUT2D eigenvalue weighted by atomic mass is 16.5. The molecule has 0 atom stereocenters. The molecule has 2 heterocycles. The van der Waals surface area contributed by atoms with Gasteiger partial charge in [0.25, 0.3) is 5.91 Å². The standard InChI is InChI=1S/C15H17N3O3/c1-20-9-10-8-13(17-21-10)15(19)18-7-3-4-11-12(16)5-2-6-14(11)18/h2,5-6,8H,3-4,7,9,16H2,1H3. The fourth-order valence-corrected chi connectivity index (χ4v) is 2.62. The summed E-state index contributed by atoms with van der Waals surface area (Å²) in [5.74, 6) is 0.360. The zero-order chi connectivity index (χ0) is 14.8. The van der Waals surface area contributed by atoms with Gasteiger partial charge in [0.2, 0.25) is 0 Å². The number of carbonyl (C=O) groups is 1. The molecule has 2 aromatic rings. The van der Waals surface area contributed by atoms with Crippen molar-refractivity contribution in [1.82, 2.24) is 5.16 Å². The Bertz CT molecular complexity index is 666. The lowest BCUT2D eigenvalue weighted by Gasteiger charge is -2.29. The topological polar surface area (TPSA) is 81.6 Å². The predicted octanol–water partition coefficient (Wildman–Crippen LogP) is 2.00. The third-order valence-electron chi connectivity index (χ3n) is 3.60. The Morgan fingerprint density at radius 2 is 2.38 bits per heavy atom. The highest BCUT2D eigenvalue weighted by Gasteiger charge is 2.26. The van der Waals surface area contributed by atoms with Crippen LogP contribution < -0.4 is 10.6 Å². The van der Waals surface area contributed by atoms with Gasteiger partial charge in [-0.05, 0) is 30.5 Å². The van der Waals surface area contributed by atoms with E-state index in [9.17, 15) is 4.79 Å². The maximum Gasteiger partial charge on any atom is 0.280 e. The lowest BCUT2D eigenvalue weighted by molar-refractivity contribution is 0.0975. The number of aromatic nitrogens is 1. The molecular weight excluding hydrogens is 270 g/mol. The summed E-state index contributed by atoms with van der Waals surface area (Å²) in [5, 5.41) is 3.83. The van der Waals surface area contributed by atoms with Gasteiger partial charge in [0.15, 0.2) is 11.5 Å². The lowest BCUT2D eigenvalue weighted by Crippen LogP contribution is -2.35. The van der Waals surface area contributed by atoms with Crippen LogP contribution in [0.4, 0.5) is 11.4 Å². The first-order valence-electron chi connectivity index (χ1n) is 6.84. The number of fused-ring (bicyclic) bond motifs is 1. The molecule has 0 unspecified atom stereocenters. The summed E-state index contributed by atoms with van der Waals surface area (Å²) in [6.07, 6.45) is 1.77. The Balaban J connectivity index is 1.91. The lowest BCUT2D eigenvalue weighted by atomic mass is 9.99. The monoisotopic (exact) mass is 287 g/mol. The van der Waals surface area contributed by atoms with Crippen molar-refractivity contribution in [2.24, 2.45) is 0 Å². The molecule has 0 aliphatic carbocycles. The molecule has 0 fully saturated rings. The number of methoxy groups -OCH3 is 1. The van der Waals surface area contributed by atoms with Crippen LogP contribution in [0.3, 0.4) is 0 Å². The quantitative estimate of drug-likeness (QED) is 0.873. The number of benzene rings is 1. The van der Waals surface area contributed by atoms with E-state index in [4.69, 9.17) is 15.0 Å².